The summed E-state index contributed by atoms with van der Waals surface area (Å²) < 4.78 is 25.4. The van der Waals surface area contributed by atoms with E-state index >= 15 is 0 Å². The van der Waals surface area contributed by atoms with E-state index in [1.165, 1.54) is 6.21 Å². The first kappa shape index (κ1) is 19.7. The third kappa shape index (κ3) is 5.42. The summed E-state index contributed by atoms with van der Waals surface area (Å²) in [7, 11) is -3.61. The maximum atomic E-state index is 12.2. The summed E-state index contributed by atoms with van der Waals surface area (Å²) in [6.45, 7) is 5.32. The highest BCUT2D eigenvalue weighted by Crippen LogP contribution is 2.23. The van der Waals surface area contributed by atoms with Crippen molar-refractivity contribution in [3.05, 3.63) is 64.7 Å². The van der Waals surface area contributed by atoms with Crippen molar-refractivity contribution in [2.75, 3.05) is 17.1 Å². The molecule has 6 nitrogen and oxygen atoms in total. The van der Waals surface area contributed by atoms with Gasteiger partial charge in [-0.2, -0.15) is 5.10 Å². The molecule has 0 heterocycles. The van der Waals surface area contributed by atoms with E-state index in [9.17, 15) is 13.2 Å². The summed E-state index contributed by atoms with van der Waals surface area (Å²) in [6, 6.07) is 13.1. The van der Waals surface area contributed by atoms with E-state index in [0.717, 1.165) is 32.8 Å². The van der Waals surface area contributed by atoms with Crippen LogP contribution in [0.5, 0.6) is 0 Å². The van der Waals surface area contributed by atoms with E-state index in [-0.39, 0.29) is 6.54 Å². The Hall–Kier alpha value is -2.67. The molecule has 0 spiro atoms. The summed E-state index contributed by atoms with van der Waals surface area (Å²) in [4.78, 5) is 12.2. The van der Waals surface area contributed by atoms with Crippen LogP contribution in [0, 0.1) is 20.8 Å². The van der Waals surface area contributed by atoms with E-state index < -0.39 is 15.9 Å². The average Bonchev–Trinajstić information content (AvgIpc) is 2.56. The molecule has 0 saturated heterocycles. The number of sulfonamides is 1. The van der Waals surface area contributed by atoms with Crippen LogP contribution in [0.25, 0.3) is 0 Å². The monoisotopic (exact) mass is 373 g/mol. The van der Waals surface area contributed by atoms with Gasteiger partial charge in [0.2, 0.25) is 10.0 Å². The third-order valence-electron chi connectivity index (χ3n) is 3.80. The minimum absolute atomic E-state index is 0.339. The Morgan fingerprint density at radius 3 is 2.31 bits per heavy atom. The summed E-state index contributed by atoms with van der Waals surface area (Å²) in [5, 5.41) is 3.89. The fraction of sp³-hybridized carbons (Fsp3) is 0.263. The van der Waals surface area contributed by atoms with E-state index in [1.54, 1.807) is 13.0 Å². The molecule has 2 aromatic rings. The molecule has 0 aromatic heterocycles. The Kier molecular flexibility index (Phi) is 6.15. The lowest BCUT2D eigenvalue weighted by Crippen LogP contribution is -2.39. The molecule has 0 aliphatic carbocycles. The zero-order chi connectivity index (χ0) is 19.3. The van der Waals surface area contributed by atoms with Crippen LogP contribution in [0.2, 0.25) is 0 Å². The molecule has 0 unspecified atom stereocenters. The molecule has 0 radical (unpaired) electrons. The molecule has 1 N–H and O–H groups in total. The number of anilines is 1. The number of carbonyl (C=O) groups excluding carboxylic acids is 1. The van der Waals surface area contributed by atoms with Crippen LogP contribution >= 0.6 is 0 Å². The maximum Gasteiger partial charge on any atom is 0.260 e. The van der Waals surface area contributed by atoms with Gasteiger partial charge in [-0.3, -0.25) is 9.10 Å². The first-order valence-electron chi connectivity index (χ1n) is 8.10. The number of rotatable bonds is 6. The highest BCUT2D eigenvalue weighted by atomic mass is 32.2. The van der Waals surface area contributed by atoms with Crippen molar-refractivity contribution in [1.82, 2.24) is 5.43 Å². The SMILES string of the molecule is Cc1ccc(/C=N\NC(=O)CN(c2cc(C)ccc2C)S(C)(=O)=O)cc1. The lowest BCUT2D eigenvalue weighted by Gasteiger charge is -2.23. The molecule has 0 atom stereocenters. The second kappa shape index (κ2) is 8.14. The van der Waals surface area contributed by atoms with E-state index in [2.05, 4.69) is 10.5 Å². The predicted octanol–water partition coefficient (Wildman–Crippen LogP) is 2.53. The van der Waals surface area contributed by atoms with Gasteiger partial charge in [0.15, 0.2) is 0 Å². The van der Waals surface area contributed by atoms with Crippen LogP contribution in [0.15, 0.2) is 47.6 Å². The van der Waals surface area contributed by atoms with Gasteiger partial charge in [0, 0.05) is 0 Å². The molecule has 138 valence electrons. The van der Waals surface area contributed by atoms with Crippen molar-refractivity contribution in [3.8, 4) is 0 Å². The molecule has 0 fully saturated rings. The Bertz CT molecular complexity index is 920. The van der Waals surface area contributed by atoms with Crippen LogP contribution < -0.4 is 9.73 Å². The number of nitrogens with one attached hydrogen (secondary N) is 1. The number of carbonyl (C=O) groups is 1. The fourth-order valence-electron chi connectivity index (χ4n) is 2.37. The van der Waals surface area contributed by atoms with E-state index in [1.807, 2.05) is 50.2 Å². The third-order valence-corrected chi connectivity index (χ3v) is 4.93. The van der Waals surface area contributed by atoms with Crippen LogP contribution in [-0.4, -0.2) is 33.3 Å². The average molecular weight is 373 g/mol. The van der Waals surface area contributed by atoms with Gasteiger partial charge in [0.05, 0.1) is 18.2 Å². The second-order valence-corrected chi connectivity index (χ2v) is 8.17. The topological polar surface area (TPSA) is 78.8 Å². The molecule has 0 saturated carbocycles. The Morgan fingerprint density at radius 1 is 1.08 bits per heavy atom. The summed E-state index contributed by atoms with van der Waals surface area (Å²) in [6.07, 6.45) is 2.59. The molecule has 7 heteroatoms. The van der Waals surface area contributed by atoms with Crippen molar-refractivity contribution in [3.63, 3.8) is 0 Å². The zero-order valence-electron chi connectivity index (χ0n) is 15.4. The smallest absolute Gasteiger partial charge is 0.260 e. The Balaban J connectivity index is 2.12. The van der Waals surface area contributed by atoms with Crippen molar-refractivity contribution in [2.24, 2.45) is 5.10 Å². The van der Waals surface area contributed by atoms with Crippen LogP contribution in [0.3, 0.4) is 0 Å². The molecule has 0 aliphatic rings. The number of nitrogens with zero attached hydrogens (tertiary/aromatic N) is 2. The Morgan fingerprint density at radius 2 is 1.69 bits per heavy atom. The van der Waals surface area contributed by atoms with Gasteiger partial charge in [0.1, 0.15) is 6.54 Å². The van der Waals surface area contributed by atoms with Gasteiger partial charge < -0.3 is 0 Å². The number of amides is 1. The predicted molar refractivity (Wildman–Crippen MR) is 105 cm³/mol. The first-order valence-corrected chi connectivity index (χ1v) is 9.95. The maximum absolute atomic E-state index is 12.2. The summed E-state index contributed by atoms with van der Waals surface area (Å²) in [5.74, 6) is -0.514. The quantitative estimate of drug-likeness (QED) is 0.624. The highest BCUT2D eigenvalue weighted by molar-refractivity contribution is 7.92. The molecular weight excluding hydrogens is 350 g/mol. The van der Waals surface area contributed by atoms with Crippen LogP contribution in [0.4, 0.5) is 5.69 Å². The van der Waals surface area contributed by atoms with Gasteiger partial charge in [-0.15, -0.1) is 0 Å². The highest BCUT2D eigenvalue weighted by Gasteiger charge is 2.22. The molecule has 0 bridgehead atoms. The summed E-state index contributed by atoms with van der Waals surface area (Å²) in [5.41, 5.74) is 6.52. The van der Waals surface area contributed by atoms with Gasteiger partial charge in [-0.1, -0.05) is 42.0 Å². The van der Waals surface area contributed by atoms with E-state index in [4.69, 9.17) is 0 Å². The number of aryl methyl sites for hydroxylation is 3. The number of hydrogen-bond donors (Lipinski definition) is 1. The normalized spacial score (nSPS) is 11.5. The van der Waals surface area contributed by atoms with Crippen molar-refractivity contribution in [2.45, 2.75) is 20.8 Å². The van der Waals surface area contributed by atoms with Gasteiger partial charge in [-0.05, 0) is 43.5 Å². The molecule has 2 aromatic carbocycles. The summed E-state index contributed by atoms with van der Waals surface area (Å²) >= 11 is 0. The van der Waals surface area contributed by atoms with Crippen molar-refractivity contribution >= 4 is 27.8 Å². The molecule has 2 rings (SSSR count). The molecule has 26 heavy (non-hydrogen) atoms. The second-order valence-electron chi connectivity index (χ2n) is 6.26. The first-order chi connectivity index (χ1) is 12.2. The zero-order valence-corrected chi connectivity index (χ0v) is 16.2. The van der Waals surface area contributed by atoms with E-state index in [0.29, 0.717) is 5.69 Å². The number of hydrogen-bond acceptors (Lipinski definition) is 4. The van der Waals surface area contributed by atoms with Crippen LogP contribution in [-0.2, 0) is 14.8 Å². The van der Waals surface area contributed by atoms with Crippen molar-refractivity contribution < 1.29 is 13.2 Å². The standard InChI is InChI=1S/C19H23N3O3S/c1-14-6-9-17(10-7-14)12-20-21-19(23)13-22(26(4,24)25)18-11-15(2)5-8-16(18)3/h5-12H,13H2,1-4H3,(H,21,23)/b20-12-. The van der Waals surface area contributed by atoms with Gasteiger partial charge >= 0.3 is 0 Å². The van der Waals surface area contributed by atoms with Gasteiger partial charge in [0.25, 0.3) is 5.91 Å². The minimum Gasteiger partial charge on any atom is -0.271 e. The molecule has 0 aliphatic heterocycles. The number of benzene rings is 2. The van der Waals surface area contributed by atoms with Crippen molar-refractivity contribution in [1.29, 1.82) is 0 Å². The minimum atomic E-state index is -3.61. The van der Waals surface area contributed by atoms with Crippen LogP contribution in [0.1, 0.15) is 22.3 Å². The Labute approximate surface area is 154 Å². The van der Waals surface area contributed by atoms with Gasteiger partial charge in [-0.25, -0.2) is 13.8 Å². The lowest BCUT2D eigenvalue weighted by molar-refractivity contribution is -0.119. The molecular formula is C19H23N3O3S. The number of hydrazone groups is 1. The lowest BCUT2D eigenvalue weighted by atomic mass is 10.1. The molecule has 1 amide bonds. The largest absolute Gasteiger partial charge is 0.271 e. The fourth-order valence-corrected chi connectivity index (χ4v) is 3.27.